The average Bonchev–Trinajstić information content (AvgIpc) is 2.78. The molecule has 2 heterocycles. The number of hydrazine groups is 1. The summed E-state index contributed by atoms with van der Waals surface area (Å²) in [5.74, 6) is 5.66. The first-order chi connectivity index (χ1) is 8.26. The van der Waals surface area contributed by atoms with Crippen LogP contribution in [0.1, 0.15) is 29.9 Å². The predicted octanol–water partition coefficient (Wildman–Crippen LogP) is 1.16. The number of nitrogens with one attached hydrogen (secondary N) is 1. The second-order valence-electron chi connectivity index (χ2n) is 3.90. The summed E-state index contributed by atoms with van der Waals surface area (Å²) in [5, 5.41) is 4.26. The van der Waals surface area contributed by atoms with Gasteiger partial charge in [0.25, 0.3) is 0 Å². The van der Waals surface area contributed by atoms with Crippen LogP contribution in [-0.2, 0) is 6.54 Å². The molecule has 90 valence electrons. The lowest BCUT2D eigenvalue weighted by Crippen LogP contribution is -2.30. The molecule has 1 unspecified atom stereocenters. The van der Waals surface area contributed by atoms with Gasteiger partial charge < -0.3 is 0 Å². The van der Waals surface area contributed by atoms with Gasteiger partial charge in [-0.25, -0.2) is 5.43 Å². The molecule has 0 aromatic carbocycles. The van der Waals surface area contributed by atoms with E-state index in [0.717, 1.165) is 23.5 Å². The van der Waals surface area contributed by atoms with Gasteiger partial charge in [0.15, 0.2) is 0 Å². The summed E-state index contributed by atoms with van der Waals surface area (Å²) < 4.78 is 1.93. The zero-order valence-corrected chi connectivity index (χ0v) is 10.1. The van der Waals surface area contributed by atoms with Crippen molar-refractivity contribution in [3.63, 3.8) is 0 Å². The molecule has 2 aromatic heterocycles. The molecule has 0 spiro atoms. The van der Waals surface area contributed by atoms with E-state index in [9.17, 15) is 0 Å². The van der Waals surface area contributed by atoms with Gasteiger partial charge in [0, 0.05) is 24.6 Å². The molecule has 5 nitrogen and oxygen atoms in total. The third-order valence-electron chi connectivity index (χ3n) is 2.77. The van der Waals surface area contributed by atoms with Crippen molar-refractivity contribution in [1.29, 1.82) is 0 Å². The van der Waals surface area contributed by atoms with E-state index in [-0.39, 0.29) is 6.04 Å². The van der Waals surface area contributed by atoms with Crippen molar-refractivity contribution in [2.45, 2.75) is 26.4 Å². The Balaban J connectivity index is 2.40. The van der Waals surface area contributed by atoms with Crippen LogP contribution in [0.3, 0.4) is 0 Å². The molecule has 0 radical (unpaired) electrons. The van der Waals surface area contributed by atoms with Crippen LogP contribution >= 0.6 is 0 Å². The molecule has 0 saturated carbocycles. The third-order valence-corrected chi connectivity index (χ3v) is 2.77. The highest BCUT2D eigenvalue weighted by Gasteiger charge is 2.16. The van der Waals surface area contributed by atoms with Crippen molar-refractivity contribution in [2.75, 3.05) is 0 Å². The molecule has 0 aliphatic carbocycles. The number of pyridine rings is 1. The lowest BCUT2D eigenvalue weighted by Gasteiger charge is -2.17. The van der Waals surface area contributed by atoms with Crippen molar-refractivity contribution < 1.29 is 0 Å². The number of hydrogen-bond acceptors (Lipinski definition) is 4. The minimum absolute atomic E-state index is 0.0563. The largest absolute Gasteiger partial charge is 0.271 e. The van der Waals surface area contributed by atoms with Gasteiger partial charge in [-0.1, -0.05) is 0 Å². The second-order valence-corrected chi connectivity index (χ2v) is 3.90. The van der Waals surface area contributed by atoms with Crippen LogP contribution < -0.4 is 11.3 Å². The number of aryl methyl sites for hydroxylation is 2. The lowest BCUT2D eigenvalue weighted by molar-refractivity contribution is 0.543. The Labute approximate surface area is 101 Å². The number of hydrogen-bond donors (Lipinski definition) is 2. The molecule has 0 bridgehead atoms. The maximum absolute atomic E-state index is 5.66. The Morgan fingerprint density at radius 3 is 2.88 bits per heavy atom. The van der Waals surface area contributed by atoms with Gasteiger partial charge >= 0.3 is 0 Å². The summed E-state index contributed by atoms with van der Waals surface area (Å²) in [7, 11) is 0. The molecule has 1 atom stereocenters. The molecular formula is C12H17N5. The van der Waals surface area contributed by atoms with Gasteiger partial charge in [0.05, 0.1) is 11.7 Å². The zero-order chi connectivity index (χ0) is 12.3. The first kappa shape index (κ1) is 11.8. The van der Waals surface area contributed by atoms with Gasteiger partial charge in [-0.3, -0.25) is 15.5 Å². The van der Waals surface area contributed by atoms with E-state index >= 15 is 0 Å². The Kier molecular flexibility index (Phi) is 3.51. The maximum Gasteiger partial charge on any atom is 0.0879 e. The van der Waals surface area contributed by atoms with E-state index < -0.39 is 0 Å². The monoisotopic (exact) mass is 231 g/mol. The fourth-order valence-electron chi connectivity index (χ4n) is 1.95. The van der Waals surface area contributed by atoms with Crippen LogP contribution in [-0.4, -0.2) is 14.8 Å². The molecule has 0 fully saturated rings. The summed E-state index contributed by atoms with van der Waals surface area (Å²) >= 11 is 0. The number of aromatic nitrogens is 3. The van der Waals surface area contributed by atoms with Crippen LogP contribution in [0.5, 0.6) is 0 Å². The van der Waals surface area contributed by atoms with Gasteiger partial charge in [0.1, 0.15) is 0 Å². The first-order valence-corrected chi connectivity index (χ1v) is 5.66. The van der Waals surface area contributed by atoms with Crippen molar-refractivity contribution in [3.8, 4) is 0 Å². The summed E-state index contributed by atoms with van der Waals surface area (Å²) in [6.45, 7) is 4.85. The van der Waals surface area contributed by atoms with Gasteiger partial charge in [-0.15, -0.1) is 0 Å². The number of nitrogens with zero attached hydrogens (tertiary/aromatic N) is 3. The maximum atomic E-state index is 5.66. The smallest absolute Gasteiger partial charge is 0.0879 e. The van der Waals surface area contributed by atoms with Crippen LogP contribution in [0, 0.1) is 6.92 Å². The zero-order valence-electron chi connectivity index (χ0n) is 10.1. The molecule has 17 heavy (non-hydrogen) atoms. The van der Waals surface area contributed by atoms with Crippen molar-refractivity contribution >= 4 is 0 Å². The van der Waals surface area contributed by atoms with Gasteiger partial charge in [-0.2, -0.15) is 5.10 Å². The van der Waals surface area contributed by atoms with Crippen molar-refractivity contribution in [2.24, 2.45) is 5.84 Å². The molecule has 0 aliphatic heterocycles. The molecule has 0 saturated heterocycles. The van der Waals surface area contributed by atoms with Gasteiger partial charge in [-0.05, 0) is 37.6 Å². The highest BCUT2D eigenvalue weighted by Crippen LogP contribution is 2.21. The molecule has 2 aromatic rings. The lowest BCUT2D eigenvalue weighted by atomic mass is 10.0. The van der Waals surface area contributed by atoms with Crippen LogP contribution in [0.2, 0.25) is 0 Å². The number of nitrogens with two attached hydrogens (primary N) is 1. The Hall–Kier alpha value is -1.72. The van der Waals surface area contributed by atoms with E-state index in [2.05, 4.69) is 22.4 Å². The molecule has 2 rings (SSSR count). The van der Waals surface area contributed by atoms with E-state index in [1.807, 2.05) is 29.8 Å². The Bertz CT molecular complexity index is 491. The predicted molar refractivity (Wildman–Crippen MR) is 66.0 cm³/mol. The Morgan fingerprint density at radius 2 is 2.24 bits per heavy atom. The van der Waals surface area contributed by atoms with Crippen LogP contribution in [0.25, 0.3) is 0 Å². The fourth-order valence-corrected chi connectivity index (χ4v) is 1.95. The average molecular weight is 231 g/mol. The molecule has 0 amide bonds. The van der Waals surface area contributed by atoms with Crippen LogP contribution in [0.15, 0.2) is 30.6 Å². The van der Waals surface area contributed by atoms with E-state index in [1.165, 1.54) is 0 Å². The van der Waals surface area contributed by atoms with E-state index in [4.69, 9.17) is 5.84 Å². The third kappa shape index (κ3) is 2.35. The summed E-state index contributed by atoms with van der Waals surface area (Å²) in [6, 6.07) is 5.91. The quantitative estimate of drug-likeness (QED) is 0.612. The Morgan fingerprint density at radius 1 is 1.41 bits per heavy atom. The molecule has 0 aliphatic rings. The summed E-state index contributed by atoms with van der Waals surface area (Å²) in [4.78, 5) is 4.19. The topological polar surface area (TPSA) is 68.8 Å². The molecular weight excluding hydrogens is 214 g/mol. The normalized spacial score (nSPS) is 12.6. The SMILES string of the molecule is CCn1nccc1C(NN)c1ccnc(C)c1. The minimum atomic E-state index is -0.0563. The van der Waals surface area contributed by atoms with Crippen LogP contribution in [0.4, 0.5) is 0 Å². The van der Waals surface area contributed by atoms with E-state index in [0.29, 0.717) is 0 Å². The van der Waals surface area contributed by atoms with Crippen molar-refractivity contribution in [3.05, 3.63) is 47.5 Å². The second kappa shape index (κ2) is 5.07. The standard InChI is InChI=1S/C12H17N5/c1-3-17-11(5-7-15-17)12(16-13)10-4-6-14-9(2)8-10/h4-8,12,16H,3,13H2,1-2H3. The van der Waals surface area contributed by atoms with E-state index in [1.54, 1.807) is 12.4 Å². The molecule has 5 heteroatoms. The molecule has 3 N–H and O–H groups in total. The summed E-state index contributed by atoms with van der Waals surface area (Å²) in [6.07, 6.45) is 3.58. The summed E-state index contributed by atoms with van der Waals surface area (Å²) in [5.41, 5.74) is 5.96. The minimum Gasteiger partial charge on any atom is -0.271 e. The fraction of sp³-hybridized carbons (Fsp3) is 0.333. The number of rotatable bonds is 4. The highest BCUT2D eigenvalue weighted by molar-refractivity contribution is 5.27. The highest BCUT2D eigenvalue weighted by atomic mass is 15.3. The first-order valence-electron chi connectivity index (χ1n) is 5.66. The van der Waals surface area contributed by atoms with Crippen molar-refractivity contribution in [1.82, 2.24) is 20.2 Å². The van der Waals surface area contributed by atoms with Gasteiger partial charge in [0.2, 0.25) is 0 Å².